The summed E-state index contributed by atoms with van der Waals surface area (Å²) in [5, 5.41) is 7.84. The first-order valence-corrected chi connectivity index (χ1v) is 8.34. The molecule has 4 nitrogen and oxygen atoms in total. The first-order chi connectivity index (χ1) is 10.3. The molecule has 0 radical (unpaired) electrons. The molecule has 0 amide bonds. The van der Waals surface area contributed by atoms with Gasteiger partial charge in [0.15, 0.2) is 0 Å². The Bertz CT molecular complexity index is 539. The number of nitrogens with one attached hydrogen (secondary N) is 1. The van der Waals surface area contributed by atoms with Crippen LogP contribution in [-0.2, 0) is 6.42 Å². The van der Waals surface area contributed by atoms with Gasteiger partial charge >= 0.3 is 0 Å². The van der Waals surface area contributed by atoms with E-state index < -0.39 is 0 Å². The van der Waals surface area contributed by atoms with Gasteiger partial charge in [0, 0.05) is 0 Å². The fourth-order valence-corrected chi connectivity index (χ4v) is 3.10. The molecule has 2 aromatic rings. The van der Waals surface area contributed by atoms with Crippen LogP contribution in [0.3, 0.4) is 0 Å². The topological polar surface area (TPSA) is 47.0 Å². The molecular weight excluding hydrogens is 282 g/mol. The number of hydrogen-bond donors (Lipinski definition) is 1. The van der Waals surface area contributed by atoms with E-state index in [4.69, 9.17) is 4.74 Å². The van der Waals surface area contributed by atoms with Crippen molar-refractivity contribution < 1.29 is 4.74 Å². The average Bonchev–Trinajstić information content (AvgIpc) is 2.98. The molecule has 1 atom stereocenters. The number of aryl methyl sites for hydroxylation is 1. The molecule has 0 bridgehead atoms. The highest BCUT2D eigenvalue weighted by atomic mass is 32.1. The van der Waals surface area contributed by atoms with E-state index in [0.29, 0.717) is 6.61 Å². The molecule has 0 saturated heterocycles. The van der Waals surface area contributed by atoms with Gasteiger partial charge in [0.1, 0.15) is 5.75 Å². The third kappa shape index (κ3) is 4.02. The largest absolute Gasteiger partial charge is 0.494 e. The summed E-state index contributed by atoms with van der Waals surface area (Å²) in [4.78, 5) is 1.22. The summed E-state index contributed by atoms with van der Waals surface area (Å²) < 4.78 is 9.64. The summed E-state index contributed by atoms with van der Waals surface area (Å²) in [6.07, 6.45) is 2.01. The fourth-order valence-electron chi connectivity index (χ4n) is 2.25. The second-order valence-electron chi connectivity index (χ2n) is 4.83. The molecule has 114 valence electrons. The molecule has 0 fully saturated rings. The van der Waals surface area contributed by atoms with Crippen molar-refractivity contribution in [3.8, 4) is 5.75 Å². The Morgan fingerprint density at radius 3 is 2.57 bits per heavy atom. The summed E-state index contributed by atoms with van der Waals surface area (Å²) in [6, 6.07) is 8.46. The van der Waals surface area contributed by atoms with Gasteiger partial charge in [-0.1, -0.05) is 30.5 Å². The van der Waals surface area contributed by atoms with E-state index in [-0.39, 0.29) is 6.04 Å². The predicted octanol–water partition coefficient (Wildman–Crippen LogP) is 3.59. The monoisotopic (exact) mass is 305 g/mol. The van der Waals surface area contributed by atoms with Crippen LogP contribution in [0.2, 0.25) is 0 Å². The van der Waals surface area contributed by atoms with Gasteiger partial charge in [-0.15, -0.1) is 5.10 Å². The van der Waals surface area contributed by atoms with E-state index >= 15 is 0 Å². The number of rotatable bonds is 8. The number of aromatic nitrogens is 2. The molecule has 0 aliphatic carbocycles. The van der Waals surface area contributed by atoms with Crippen molar-refractivity contribution in [1.82, 2.24) is 14.9 Å². The standard InChI is InChI=1S/C16H23N3OS/c1-4-11-17-15(16-14(5-2)18-19-21-16)12-7-9-13(10-8-12)20-6-3/h7-10,15,17H,4-6,11H2,1-3H3. The molecule has 1 N–H and O–H groups in total. The molecule has 0 spiro atoms. The Morgan fingerprint density at radius 1 is 1.19 bits per heavy atom. The van der Waals surface area contributed by atoms with Crippen LogP contribution in [0.5, 0.6) is 5.75 Å². The van der Waals surface area contributed by atoms with E-state index in [0.717, 1.165) is 30.8 Å². The summed E-state index contributed by atoms with van der Waals surface area (Å²) >= 11 is 1.49. The van der Waals surface area contributed by atoms with Crippen molar-refractivity contribution >= 4 is 11.5 Å². The van der Waals surface area contributed by atoms with Crippen LogP contribution in [0.15, 0.2) is 24.3 Å². The maximum absolute atomic E-state index is 5.51. The SMILES string of the molecule is CCCNC(c1ccc(OCC)cc1)c1snnc1CC. The summed E-state index contributed by atoms with van der Waals surface area (Å²) in [7, 11) is 0. The van der Waals surface area contributed by atoms with Crippen LogP contribution < -0.4 is 10.1 Å². The molecule has 1 unspecified atom stereocenters. The van der Waals surface area contributed by atoms with Crippen LogP contribution in [0, 0.1) is 0 Å². The van der Waals surface area contributed by atoms with Gasteiger partial charge in [0.25, 0.3) is 0 Å². The van der Waals surface area contributed by atoms with Gasteiger partial charge < -0.3 is 10.1 Å². The van der Waals surface area contributed by atoms with E-state index in [1.165, 1.54) is 22.0 Å². The predicted molar refractivity (Wildman–Crippen MR) is 87.0 cm³/mol. The van der Waals surface area contributed by atoms with Gasteiger partial charge in [-0.25, -0.2) is 0 Å². The van der Waals surface area contributed by atoms with Crippen LogP contribution in [0.25, 0.3) is 0 Å². The van der Waals surface area contributed by atoms with Gasteiger partial charge in [-0.05, 0) is 55.5 Å². The molecule has 0 aliphatic heterocycles. The van der Waals surface area contributed by atoms with Gasteiger partial charge in [0.05, 0.1) is 23.2 Å². The Hall–Kier alpha value is -1.46. The molecule has 1 heterocycles. The second-order valence-corrected chi connectivity index (χ2v) is 5.61. The Balaban J connectivity index is 2.26. The normalized spacial score (nSPS) is 12.3. The second kappa shape index (κ2) is 8.10. The minimum Gasteiger partial charge on any atom is -0.494 e. The van der Waals surface area contributed by atoms with Crippen molar-refractivity contribution in [2.75, 3.05) is 13.2 Å². The molecule has 0 saturated carbocycles. The zero-order chi connectivity index (χ0) is 15.1. The molecule has 5 heteroatoms. The van der Waals surface area contributed by atoms with Crippen LogP contribution >= 0.6 is 11.5 Å². The number of nitrogens with zero attached hydrogens (tertiary/aromatic N) is 2. The Morgan fingerprint density at radius 2 is 1.95 bits per heavy atom. The Labute approximate surface area is 130 Å². The first kappa shape index (κ1) is 15.9. The smallest absolute Gasteiger partial charge is 0.119 e. The van der Waals surface area contributed by atoms with E-state index in [9.17, 15) is 0 Å². The molecule has 0 aliphatic rings. The molecule has 1 aromatic heterocycles. The highest BCUT2D eigenvalue weighted by molar-refractivity contribution is 7.05. The third-order valence-electron chi connectivity index (χ3n) is 3.31. The fraction of sp³-hybridized carbons (Fsp3) is 0.500. The minimum atomic E-state index is 0.163. The van der Waals surface area contributed by atoms with Gasteiger partial charge in [-0.2, -0.15) is 0 Å². The van der Waals surface area contributed by atoms with E-state index in [2.05, 4.69) is 40.9 Å². The van der Waals surface area contributed by atoms with Gasteiger partial charge in [0.2, 0.25) is 0 Å². The van der Waals surface area contributed by atoms with Crippen molar-refractivity contribution in [3.63, 3.8) is 0 Å². The molecule has 1 aromatic carbocycles. The zero-order valence-electron chi connectivity index (χ0n) is 12.9. The minimum absolute atomic E-state index is 0.163. The summed E-state index contributed by atoms with van der Waals surface area (Å²) in [5.74, 6) is 0.911. The third-order valence-corrected chi connectivity index (χ3v) is 4.14. The quantitative estimate of drug-likeness (QED) is 0.809. The van der Waals surface area contributed by atoms with Crippen LogP contribution in [0.1, 0.15) is 49.4 Å². The lowest BCUT2D eigenvalue weighted by Gasteiger charge is -2.18. The maximum atomic E-state index is 5.51. The van der Waals surface area contributed by atoms with Gasteiger partial charge in [-0.3, -0.25) is 0 Å². The van der Waals surface area contributed by atoms with Crippen molar-refractivity contribution in [2.24, 2.45) is 0 Å². The maximum Gasteiger partial charge on any atom is 0.119 e. The molecule has 21 heavy (non-hydrogen) atoms. The summed E-state index contributed by atoms with van der Waals surface area (Å²) in [6.45, 7) is 7.95. The average molecular weight is 305 g/mol. The van der Waals surface area contributed by atoms with Crippen molar-refractivity contribution in [3.05, 3.63) is 40.4 Å². The highest BCUT2D eigenvalue weighted by Gasteiger charge is 2.19. The lowest BCUT2D eigenvalue weighted by molar-refractivity contribution is 0.340. The first-order valence-electron chi connectivity index (χ1n) is 7.57. The highest BCUT2D eigenvalue weighted by Crippen LogP contribution is 2.28. The molecule has 2 rings (SSSR count). The van der Waals surface area contributed by atoms with E-state index in [1.807, 2.05) is 19.1 Å². The van der Waals surface area contributed by atoms with Crippen molar-refractivity contribution in [1.29, 1.82) is 0 Å². The van der Waals surface area contributed by atoms with Crippen LogP contribution in [-0.4, -0.2) is 22.7 Å². The van der Waals surface area contributed by atoms with E-state index in [1.54, 1.807) is 0 Å². The zero-order valence-corrected chi connectivity index (χ0v) is 13.7. The van der Waals surface area contributed by atoms with Crippen molar-refractivity contribution in [2.45, 2.75) is 39.7 Å². The number of ether oxygens (including phenoxy) is 1. The number of benzene rings is 1. The molecular formula is C16H23N3OS. The number of hydrogen-bond acceptors (Lipinski definition) is 5. The summed E-state index contributed by atoms with van der Waals surface area (Å²) in [5.41, 5.74) is 2.31. The Kier molecular flexibility index (Phi) is 6.14. The lowest BCUT2D eigenvalue weighted by atomic mass is 10.0. The van der Waals surface area contributed by atoms with Crippen LogP contribution in [0.4, 0.5) is 0 Å². The lowest BCUT2D eigenvalue weighted by Crippen LogP contribution is -2.23.